The number of amides is 2. The van der Waals surface area contributed by atoms with Crippen molar-refractivity contribution in [3.63, 3.8) is 0 Å². The van der Waals surface area contributed by atoms with E-state index in [2.05, 4.69) is 10.6 Å². The summed E-state index contributed by atoms with van der Waals surface area (Å²) in [5, 5.41) is 15.5. The maximum atomic E-state index is 11.6. The first kappa shape index (κ1) is 22.4. The maximum absolute atomic E-state index is 11.6. The van der Waals surface area contributed by atoms with Crippen molar-refractivity contribution in [3.05, 3.63) is 0 Å². The zero-order valence-electron chi connectivity index (χ0n) is 15.7. The lowest BCUT2D eigenvalue weighted by Gasteiger charge is -2.47. The van der Waals surface area contributed by atoms with Gasteiger partial charge in [-0.1, -0.05) is 0 Å². The van der Waals surface area contributed by atoms with Gasteiger partial charge in [-0.3, -0.25) is 24.0 Å². The van der Waals surface area contributed by atoms with Gasteiger partial charge in [0.2, 0.25) is 11.8 Å². The molecule has 0 aromatic carbocycles. The first-order valence-corrected chi connectivity index (χ1v) is 8.18. The van der Waals surface area contributed by atoms with Crippen LogP contribution in [0.1, 0.15) is 34.6 Å². The van der Waals surface area contributed by atoms with Crippen LogP contribution in [0.25, 0.3) is 0 Å². The number of carbonyl (C=O) groups is 5. The van der Waals surface area contributed by atoms with E-state index in [4.69, 9.17) is 14.2 Å². The smallest absolute Gasteiger partial charge is 0.303 e. The second-order valence-electron chi connectivity index (χ2n) is 6.17. The molecule has 2 amide bonds. The number of nitrogens with one attached hydrogen (secondary N) is 2. The summed E-state index contributed by atoms with van der Waals surface area (Å²) in [6.45, 7) is 5.60. The van der Waals surface area contributed by atoms with Crippen molar-refractivity contribution in [1.82, 2.24) is 10.6 Å². The molecule has 1 aliphatic rings. The molecule has 11 heteroatoms. The minimum absolute atomic E-state index is 0.565. The van der Waals surface area contributed by atoms with E-state index < -0.39 is 66.2 Å². The van der Waals surface area contributed by atoms with Crippen LogP contribution in [0.3, 0.4) is 0 Å². The molecule has 0 heterocycles. The number of ether oxygens (including phenoxy) is 3. The lowest BCUT2D eigenvalue weighted by Crippen LogP contribution is -2.73. The molecule has 1 fully saturated rings. The lowest BCUT2D eigenvalue weighted by atomic mass is 9.80. The topological polar surface area (TPSA) is 157 Å². The molecular weight excluding hydrogens is 364 g/mol. The standard InChI is InChI=1S/C16H24N2O9/c1-6(19)17-11-13(24)12(18-7(2)20)15(26-9(4)22)16(27-10(5)23)14(11)25-8(3)21/h11-16,24H,1-5H3,(H,17,19)(H,18,20)/t11-,12-,13?,14-,15+,16?/m0/s1. The molecule has 11 nitrogen and oxygen atoms in total. The quantitative estimate of drug-likeness (QED) is 0.364. The van der Waals surface area contributed by atoms with Crippen LogP contribution in [0, 0.1) is 0 Å². The van der Waals surface area contributed by atoms with E-state index in [1.165, 1.54) is 13.8 Å². The first-order valence-electron chi connectivity index (χ1n) is 8.18. The molecule has 1 rings (SSSR count). The number of carbonyl (C=O) groups excluding carboxylic acids is 5. The van der Waals surface area contributed by atoms with Crippen LogP contribution < -0.4 is 10.6 Å². The summed E-state index contributed by atoms with van der Waals surface area (Å²) in [6, 6.07) is -2.47. The summed E-state index contributed by atoms with van der Waals surface area (Å²) in [4.78, 5) is 57.8. The molecule has 27 heavy (non-hydrogen) atoms. The Balaban J connectivity index is 3.46. The molecule has 152 valence electrons. The van der Waals surface area contributed by atoms with Crippen LogP contribution in [0.2, 0.25) is 0 Å². The van der Waals surface area contributed by atoms with Crippen LogP contribution in [0.15, 0.2) is 0 Å². The van der Waals surface area contributed by atoms with Crippen molar-refractivity contribution < 1.29 is 43.3 Å². The van der Waals surface area contributed by atoms with Crippen molar-refractivity contribution in [1.29, 1.82) is 0 Å². The third-order valence-corrected chi connectivity index (χ3v) is 3.74. The SMILES string of the molecule is CC(=O)N[C@H]1C(O)[C@H](NC(C)=O)[C@@H](OC(C)=O)C(OC(C)=O)[C@H]1OC(C)=O. The predicted molar refractivity (Wildman–Crippen MR) is 87.9 cm³/mol. The summed E-state index contributed by atoms with van der Waals surface area (Å²) < 4.78 is 15.5. The molecule has 1 aliphatic carbocycles. The van der Waals surface area contributed by atoms with Crippen molar-refractivity contribution in [2.75, 3.05) is 0 Å². The van der Waals surface area contributed by atoms with Crippen LogP contribution in [0.5, 0.6) is 0 Å². The second kappa shape index (κ2) is 9.31. The van der Waals surface area contributed by atoms with Gasteiger partial charge in [0, 0.05) is 34.6 Å². The molecule has 6 atom stereocenters. The number of hydrogen-bond donors (Lipinski definition) is 3. The van der Waals surface area contributed by atoms with Crippen LogP contribution >= 0.6 is 0 Å². The van der Waals surface area contributed by atoms with Gasteiger partial charge >= 0.3 is 17.9 Å². The van der Waals surface area contributed by atoms with Crippen molar-refractivity contribution in [2.24, 2.45) is 0 Å². The average molecular weight is 388 g/mol. The van der Waals surface area contributed by atoms with E-state index in [0.29, 0.717) is 0 Å². The second-order valence-corrected chi connectivity index (χ2v) is 6.17. The van der Waals surface area contributed by atoms with Crippen LogP contribution in [-0.2, 0) is 38.2 Å². The monoisotopic (exact) mass is 388 g/mol. The van der Waals surface area contributed by atoms with Gasteiger partial charge in [-0.15, -0.1) is 0 Å². The molecule has 0 aromatic heterocycles. The summed E-state index contributed by atoms with van der Waals surface area (Å²) >= 11 is 0. The predicted octanol–water partition coefficient (Wildman–Crippen LogP) is -1.83. The molecule has 0 saturated heterocycles. The number of aliphatic hydroxyl groups excluding tert-OH is 1. The summed E-state index contributed by atoms with van der Waals surface area (Å²) in [7, 11) is 0. The third kappa shape index (κ3) is 6.20. The zero-order valence-corrected chi connectivity index (χ0v) is 15.7. The molecule has 0 aliphatic heterocycles. The third-order valence-electron chi connectivity index (χ3n) is 3.74. The Kier molecular flexibility index (Phi) is 7.70. The minimum atomic E-state index is -1.52. The van der Waals surface area contributed by atoms with Gasteiger partial charge in [-0.2, -0.15) is 0 Å². The van der Waals surface area contributed by atoms with E-state index in [9.17, 15) is 29.1 Å². The molecule has 0 radical (unpaired) electrons. The van der Waals surface area contributed by atoms with Gasteiger partial charge in [0.05, 0.1) is 12.1 Å². The Bertz CT molecular complexity index is 577. The van der Waals surface area contributed by atoms with E-state index >= 15 is 0 Å². The van der Waals surface area contributed by atoms with Crippen molar-refractivity contribution in [2.45, 2.75) is 71.1 Å². The fraction of sp³-hybridized carbons (Fsp3) is 0.688. The number of hydrogen-bond acceptors (Lipinski definition) is 9. The number of rotatable bonds is 5. The normalized spacial score (nSPS) is 29.9. The molecule has 0 bridgehead atoms. The van der Waals surface area contributed by atoms with Gasteiger partial charge in [0.25, 0.3) is 0 Å². The summed E-state index contributed by atoms with van der Waals surface area (Å²) in [5.74, 6) is -3.47. The van der Waals surface area contributed by atoms with E-state index in [0.717, 1.165) is 20.8 Å². The lowest BCUT2D eigenvalue weighted by molar-refractivity contribution is -0.208. The highest BCUT2D eigenvalue weighted by Gasteiger charge is 2.56. The Hall–Kier alpha value is -2.69. The fourth-order valence-corrected chi connectivity index (χ4v) is 3.00. The van der Waals surface area contributed by atoms with Crippen LogP contribution in [-0.4, -0.2) is 71.3 Å². The largest absolute Gasteiger partial charge is 0.456 e. The van der Waals surface area contributed by atoms with E-state index in [-0.39, 0.29) is 0 Å². The molecule has 0 spiro atoms. The number of esters is 3. The highest BCUT2D eigenvalue weighted by molar-refractivity contribution is 5.75. The number of aliphatic hydroxyl groups is 1. The highest BCUT2D eigenvalue weighted by Crippen LogP contribution is 2.29. The van der Waals surface area contributed by atoms with Gasteiger partial charge in [0.1, 0.15) is 6.10 Å². The van der Waals surface area contributed by atoms with E-state index in [1.807, 2.05) is 0 Å². The van der Waals surface area contributed by atoms with Gasteiger partial charge in [-0.25, -0.2) is 0 Å². The molecule has 0 aromatic rings. The molecule has 1 saturated carbocycles. The summed E-state index contributed by atoms with van der Waals surface area (Å²) in [5.41, 5.74) is 0. The van der Waals surface area contributed by atoms with Crippen molar-refractivity contribution in [3.8, 4) is 0 Å². The van der Waals surface area contributed by atoms with E-state index in [1.54, 1.807) is 0 Å². The first-order chi connectivity index (χ1) is 12.4. The van der Waals surface area contributed by atoms with Crippen molar-refractivity contribution >= 4 is 29.7 Å². The summed E-state index contributed by atoms with van der Waals surface area (Å²) in [6.07, 6.45) is -5.62. The molecular formula is C16H24N2O9. The minimum Gasteiger partial charge on any atom is -0.456 e. The highest BCUT2D eigenvalue weighted by atomic mass is 16.6. The van der Waals surface area contributed by atoms with Crippen LogP contribution in [0.4, 0.5) is 0 Å². The van der Waals surface area contributed by atoms with Gasteiger partial charge in [0.15, 0.2) is 18.3 Å². The van der Waals surface area contributed by atoms with Gasteiger partial charge < -0.3 is 30.0 Å². The maximum Gasteiger partial charge on any atom is 0.303 e. The fourth-order valence-electron chi connectivity index (χ4n) is 3.00. The van der Waals surface area contributed by atoms with Gasteiger partial charge in [-0.05, 0) is 0 Å². The Morgan fingerprint density at radius 1 is 0.630 bits per heavy atom. The Labute approximate surface area is 155 Å². The Morgan fingerprint density at radius 2 is 0.926 bits per heavy atom. The molecule has 2 unspecified atom stereocenters. The Morgan fingerprint density at radius 3 is 1.19 bits per heavy atom. The average Bonchev–Trinajstić information content (AvgIpc) is 2.49. The zero-order chi connectivity index (χ0) is 20.9. The molecule has 3 N–H and O–H groups in total.